The zero-order valence-corrected chi connectivity index (χ0v) is 12.2. The number of nitrogens with one attached hydrogen (secondary N) is 1. The maximum atomic E-state index is 12.0. The van der Waals surface area contributed by atoms with Gasteiger partial charge in [-0.1, -0.05) is 13.3 Å². The minimum absolute atomic E-state index is 0.0243. The van der Waals surface area contributed by atoms with Gasteiger partial charge in [-0.15, -0.1) is 0 Å². The van der Waals surface area contributed by atoms with Gasteiger partial charge in [0.25, 0.3) is 0 Å². The molecular weight excluding hydrogens is 260 g/mol. The number of nitrogens with zero attached hydrogens (tertiary/aromatic N) is 1. The van der Waals surface area contributed by atoms with Crippen LogP contribution < -0.4 is 5.32 Å². The summed E-state index contributed by atoms with van der Waals surface area (Å²) >= 11 is 0. The molecule has 0 aromatic heterocycles. The fourth-order valence-corrected chi connectivity index (χ4v) is 2.49. The first kappa shape index (κ1) is 16.5. The Balaban J connectivity index is 2.17. The molecule has 6 nitrogen and oxygen atoms in total. The molecule has 2 amide bonds. The third kappa shape index (κ3) is 5.19. The zero-order chi connectivity index (χ0) is 15.1. The fourth-order valence-electron chi connectivity index (χ4n) is 2.49. The van der Waals surface area contributed by atoms with Gasteiger partial charge in [0.05, 0.1) is 5.92 Å². The second-order valence-corrected chi connectivity index (χ2v) is 5.51. The van der Waals surface area contributed by atoms with Gasteiger partial charge in [-0.25, -0.2) is 0 Å². The predicted molar refractivity (Wildman–Crippen MR) is 74.0 cm³/mol. The van der Waals surface area contributed by atoms with Gasteiger partial charge in [0.2, 0.25) is 11.8 Å². The van der Waals surface area contributed by atoms with Gasteiger partial charge in [0.15, 0.2) is 0 Å². The van der Waals surface area contributed by atoms with Crippen LogP contribution in [-0.2, 0) is 14.4 Å². The van der Waals surface area contributed by atoms with Crippen LogP contribution in [0, 0.1) is 11.8 Å². The van der Waals surface area contributed by atoms with E-state index in [-0.39, 0.29) is 17.7 Å². The summed E-state index contributed by atoms with van der Waals surface area (Å²) in [5, 5.41) is 11.7. The number of carboxylic acids is 1. The first-order chi connectivity index (χ1) is 9.41. The first-order valence-corrected chi connectivity index (χ1v) is 7.17. The standard InChI is InChI=1S/C14H24N2O4/c1-10-8-16(9-12(10)14(19)20)13(18)6-4-3-5-7-15-11(2)17/h10,12H,3-9H2,1-2H3,(H,15,17)(H,19,20). The van der Waals surface area contributed by atoms with E-state index in [1.54, 1.807) is 4.90 Å². The predicted octanol–water partition coefficient (Wildman–Crippen LogP) is 0.862. The molecule has 0 spiro atoms. The number of hydrogen-bond donors (Lipinski definition) is 2. The Bertz CT molecular complexity index is 370. The molecule has 0 radical (unpaired) electrons. The summed E-state index contributed by atoms with van der Waals surface area (Å²) in [7, 11) is 0. The minimum Gasteiger partial charge on any atom is -0.481 e. The average molecular weight is 284 g/mol. The smallest absolute Gasteiger partial charge is 0.308 e. The highest BCUT2D eigenvalue weighted by molar-refractivity contribution is 5.79. The molecule has 0 aromatic rings. The molecule has 2 unspecified atom stereocenters. The van der Waals surface area contributed by atoms with Crippen molar-refractivity contribution in [1.82, 2.24) is 10.2 Å². The van der Waals surface area contributed by atoms with Gasteiger partial charge in [-0.2, -0.15) is 0 Å². The molecule has 1 rings (SSSR count). The summed E-state index contributed by atoms with van der Waals surface area (Å²) in [6.45, 7) is 4.88. The molecule has 2 N–H and O–H groups in total. The highest BCUT2D eigenvalue weighted by Crippen LogP contribution is 2.24. The molecular formula is C14H24N2O4. The van der Waals surface area contributed by atoms with E-state index in [1.165, 1.54) is 6.92 Å². The van der Waals surface area contributed by atoms with Crippen LogP contribution in [0.2, 0.25) is 0 Å². The number of hydrogen-bond acceptors (Lipinski definition) is 3. The Morgan fingerprint density at radius 3 is 2.45 bits per heavy atom. The van der Waals surface area contributed by atoms with E-state index >= 15 is 0 Å². The zero-order valence-electron chi connectivity index (χ0n) is 12.2. The van der Waals surface area contributed by atoms with Gasteiger partial charge >= 0.3 is 5.97 Å². The van der Waals surface area contributed by atoms with Crippen LogP contribution in [0.1, 0.15) is 39.5 Å². The van der Waals surface area contributed by atoms with Crippen LogP contribution in [0.15, 0.2) is 0 Å². The van der Waals surface area contributed by atoms with E-state index in [0.29, 0.717) is 26.1 Å². The van der Waals surface area contributed by atoms with E-state index in [4.69, 9.17) is 5.11 Å². The minimum atomic E-state index is -0.817. The molecule has 20 heavy (non-hydrogen) atoms. The number of carbonyl (C=O) groups excluding carboxylic acids is 2. The Labute approximate surface area is 119 Å². The number of aliphatic carboxylic acids is 1. The van der Waals surface area contributed by atoms with Crippen molar-refractivity contribution in [3.05, 3.63) is 0 Å². The Morgan fingerprint density at radius 2 is 1.90 bits per heavy atom. The lowest BCUT2D eigenvalue weighted by atomic mass is 9.99. The normalized spacial score (nSPS) is 21.8. The number of likely N-dealkylation sites (tertiary alicyclic amines) is 1. The van der Waals surface area contributed by atoms with Crippen LogP contribution >= 0.6 is 0 Å². The van der Waals surface area contributed by atoms with E-state index < -0.39 is 11.9 Å². The number of unbranched alkanes of at least 4 members (excludes halogenated alkanes) is 2. The van der Waals surface area contributed by atoms with Crippen molar-refractivity contribution in [1.29, 1.82) is 0 Å². The van der Waals surface area contributed by atoms with Gasteiger partial charge in [0.1, 0.15) is 0 Å². The van der Waals surface area contributed by atoms with E-state index in [1.807, 2.05) is 6.92 Å². The molecule has 1 heterocycles. The average Bonchev–Trinajstić information content (AvgIpc) is 2.75. The molecule has 2 atom stereocenters. The van der Waals surface area contributed by atoms with Gasteiger partial charge < -0.3 is 15.3 Å². The maximum absolute atomic E-state index is 12.0. The lowest BCUT2D eigenvalue weighted by molar-refractivity contribution is -0.142. The summed E-state index contributed by atoms with van der Waals surface area (Å²) in [6, 6.07) is 0. The Kier molecular flexibility index (Phi) is 6.48. The largest absolute Gasteiger partial charge is 0.481 e. The molecule has 0 saturated carbocycles. The first-order valence-electron chi connectivity index (χ1n) is 7.17. The lowest BCUT2D eigenvalue weighted by Crippen LogP contribution is -2.29. The second kappa shape index (κ2) is 7.87. The molecule has 1 fully saturated rings. The van der Waals surface area contributed by atoms with Crippen LogP contribution in [0.25, 0.3) is 0 Å². The highest BCUT2D eigenvalue weighted by atomic mass is 16.4. The van der Waals surface area contributed by atoms with Crippen LogP contribution in [0.4, 0.5) is 0 Å². The summed E-state index contributed by atoms with van der Waals surface area (Å²) in [5.74, 6) is -1.22. The van der Waals surface area contributed by atoms with Crippen molar-refractivity contribution in [3.63, 3.8) is 0 Å². The molecule has 0 aliphatic carbocycles. The lowest BCUT2D eigenvalue weighted by Gasteiger charge is -2.15. The second-order valence-electron chi connectivity index (χ2n) is 5.51. The highest BCUT2D eigenvalue weighted by Gasteiger charge is 2.36. The number of rotatable bonds is 7. The van der Waals surface area contributed by atoms with Gasteiger partial charge in [0, 0.05) is 33.0 Å². The third-order valence-electron chi connectivity index (χ3n) is 3.72. The Hall–Kier alpha value is -1.59. The molecule has 1 saturated heterocycles. The topological polar surface area (TPSA) is 86.7 Å². The van der Waals surface area contributed by atoms with Crippen molar-refractivity contribution < 1.29 is 19.5 Å². The van der Waals surface area contributed by atoms with Crippen LogP contribution in [-0.4, -0.2) is 47.4 Å². The summed E-state index contributed by atoms with van der Waals surface area (Å²) in [6.07, 6.45) is 2.99. The molecule has 6 heteroatoms. The van der Waals surface area contributed by atoms with E-state index in [9.17, 15) is 14.4 Å². The SMILES string of the molecule is CC(=O)NCCCCCC(=O)N1CC(C)C(C(=O)O)C1. The summed E-state index contributed by atoms with van der Waals surface area (Å²) in [4.78, 5) is 35.3. The van der Waals surface area contributed by atoms with Crippen molar-refractivity contribution in [2.24, 2.45) is 11.8 Å². The summed E-state index contributed by atoms with van der Waals surface area (Å²) < 4.78 is 0. The number of amides is 2. The van der Waals surface area contributed by atoms with E-state index in [0.717, 1.165) is 19.3 Å². The van der Waals surface area contributed by atoms with Crippen LogP contribution in [0.5, 0.6) is 0 Å². The molecule has 0 bridgehead atoms. The molecule has 1 aliphatic heterocycles. The van der Waals surface area contributed by atoms with Crippen LogP contribution in [0.3, 0.4) is 0 Å². The molecule has 0 aromatic carbocycles. The number of carbonyl (C=O) groups is 3. The van der Waals surface area contributed by atoms with Crippen molar-refractivity contribution in [2.45, 2.75) is 39.5 Å². The monoisotopic (exact) mass is 284 g/mol. The summed E-state index contributed by atoms with van der Waals surface area (Å²) in [5.41, 5.74) is 0. The quantitative estimate of drug-likeness (QED) is 0.679. The van der Waals surface area contributed by atoms with E-state index in [2.05, 4.69) is 5.32 Å². The van der Waals surface area contributed by atoms with Crippen molar-refractivity contribution in [3.8, 4) is 0 Å². The Morgan fingerprint density at radius 1 is 1.20 bits per heavy atom. The van der Waals surface area contributed by atoms with Crippen molar-refractivity contribution in [2.75, 3.05) is 19.6 Å². The molecule has 114 valence electrons. The van der Waals surface area contributed by atoms with Gasteiger partial charge in [-0.05, 0) is 18.8 Å². The fraction of sp³-hybridized carbons (Fsp3) is 0.786. The van der Waals surface area contributed by atoms with Gasteiger partial charge in [-0.3, -0.25) is 14.4 Å². The number of carboxylic acid groups (broad SMARTS) is 1. The van der Waals surface area contributed by atoms with Crippen molar-refractivity contribution >= 4 is 17.8 Å². The third-order valence-corrected chi connectivity index (χ3v) is 3.72. The maximum Gasteiger partial charge on any atom is 0.308 e. The molecule has 1 aliphatic rings.